The number of aromatic nitrogens is 3. The number of pyridine rings is 1. The zero-order chi connectivity index (χ0) is 26.0. The van der Waals surface area contributed by atoms with Crippen molar-refractivity contribution in [1.82, 2.24) is 20.1 Å². The number of anilines is 1. The topological polar surface area (TPSA) is 106 Å². The Bertz CT molecular complexity index is 1420. The third kappa shape index (κ3) is 5.20. The Morgan fingerprint density at radius 1 is 1.06 bits per heavy atom. The predicted molar refractivity (Wildman–Crippen MR) is 125 cm³/mol. The Kier molecular flexibility index (Phi) is 7.02. The maximum absolute atomic E-state index is 15.0. The highest BCUT2D eigenvalue weighted by atomic mass is 19.3. The molecule has 36 heavy (non-hydrogen) atoms. The molecular weight excluding hydrogens is 478 g/mol. The number of aryl methyl sites for hydroxylation is 1. The number of hydrogen-bond donors (Lipinski definition) is 3. The predicted octanol–water partition coefficient (Wildman–Crippen LogP) is 4.41. The molecule has 4 rings (SSSR count). The highest BCUT2D eigenvalue weighted by Crippen LogP contribution is 2.31. The first-order valence-corrected chi connectivity index (χ1v) is 10.7. The number of carbonyl (C=O) groups excluding carboxylic acids is 1. The van der Waals surface area contributed by atoms with Gasteiger partial charge in [-0.15, -0.1) is 0 Å². The van der Waals surface area contributed by atoms with Crippen LogP contribution in [0.4, 0.5) is 23.4 Å². The van der Waals surface area contributed by atoms with Gasteiger partial charge in [0.2, 0.25) is 0 Å². The number of halogens is 4. The van der Waals surface area contributed by atoms with Gasteiger partial charge in [0.1, 0.15) is 17.5 Å². The lowest BCUT2D eigenvalue weighted by Crippen LogP contribution is -2.31. The fraction of sp³-hybridized carbons (Fsp3) is 0.160. The Morgan fingerprint density at radius 3 is 2.44 bits per heavy atom. The molecule has 1 atom stereocenters. The number of nitrogens with one attached hydrogen (secondary N) is 1. The standard InChI is InChI=1S/C25H21F4N5O2/c1-34-11-17(10-32-34)16-7-20(24(30)31-9-16)13-2-3-19(21(27)8-13)25(36)33-22(12-35)14-4-15(23(28)29)6-18(26)5-14/h2-11,22-23,35H,12H2,1H3,(H2,30,31)(H,33,36). The molecule has 7 nitrogen and oxygen atoms in total. The van der Waals surface area contributed by atoms with Crippen LogP contribution < -0.4 is 11.1 Å². The van der Waals surface area contributed by atoms with E-state index in [1.54, 1.807) is 36.4 Å². The van der Waals surface area contributed by atoms with Crippen molar-refractivity contribution in [3.63, 3.8) is 0 Å². The summed E-state index contributed by atoms with van der Waals surface area (Å²) in [6.07, 6.45) is 2.05. The van der Waals surface area contributed by atoms with Gasteiger partial charge in [-0.25, -0.2) is 22.5 Å². The minimum atomic E-state index is -2.95. The lowest BCUT2D eigenvalue weighted by Gasteiger charge is -2.18. The zero-order valence-electron chi connectivity index (χ0n) is 18.9. The third-order valence-electron chi connectivity index (χ3n) is 5.57. The maximum atomic E-state index is 15.0. The lowest BCUT2D eigenvalue weighted by molar-refractivity contribution is 0.0912. The molecule has 0 spiro atoms. The minimum absolute atomic E-state index is 0.0794. The van der Waals surface area contributed by atoms with Gasteiger partial charge >= 0.3 is 0 Å². The van der Waals surface area contributed by atoms with Crippen LogP contribution in [0.3, 0.4) is 0 Å². The van der Waals surface area contributed by atoms with Crippen LogP contribution in [0.2, 0.25) is 0 Å². The number of aliphatic hydroxyl groups is 1. The molecule has 186 valence electrons. The quantitative estimate of drug-likeness (QED) is 0.327. The fourth-order valence-electron chi connectivity index (χ4n) is 3.73. The van der Waals surface area contributed by atoms with E-state index in [0.717, 1.165) is 23.8 Å². The van der Waals surface area contributed by atoms with Gasteiger partial charge in [-0.1, -0.05) is 6.07 Å². The average molecular weight is 499 g/mol. The number of aliphatic hydroxyl groups excluding tert-OH is 1. The number of rotatable bonds is 7. The summed E-state index contributed by atoms with van der Waals surface area (Å²) in [6.45, 7) is -0.721. The summed E-state index contributed by atoms with van der Waals surface area (Å²) in [5.41, 5.74) is 7.25. The lowest BCUT2D eigenvalue weighted by atomic mass is 10.00. The molecule has 0 bridgehead atoms. The monoisotopic (exact) mass is 499 g/mol. The molecule has 11 heteroatoms. The second kappa shape index (κ2) is 10.2. The van der Waals surface area contributed by atoms with E-state index in [2.05, 4.69) is 15.4 Å². The molecular formula is C25H21F4N5O2. The number of amides is 1. The van der Waals surface area contributed by atoms with E-state index < -0.39 is 42.2 Å². The van der Waals surface area contributed by atoms with Crippen LogP contribution in [0, 0.1) is 11.6 Å². The molecule has 0 fully saturated rings. The van der Waals surface area contributed by atoms with E-state index in [4.69, 9.17) is 5.73 Å². The van der Waals surface area contributed by atoms with Crippen LogP contribution >= 0.6 is 0 Å². The van der Waals surface area contributed by atoms with Gasteiger partial charge in [0.15, 0.2) is 0 Å². The van der Waals surface area contributed by atoms with Crippen molar-refractivity contribution in [3.8, 4) is 22.3 Å². The Labute approximate surface area is 203 Å². The molecule has 4 aromatic rings. The SMILES string of the molecule is Cn1cc(-c2cnc(N)c(-c3ccc(C(=O)NC(CO)c4cc(F)cc(C(F)F)c4)c(F)c3)c2)cn1. The number of nitrogen functional groups attached to an aromatic ring is 1. The second-order valence-corrected chi connectivity index (χ2v) is 8.08. The van der Waals surface area contributed by atoms with Crippen LogP contribution in [-0.2, 0) is 7.05 Å². The van der Waals surface area contributed by atoms with Gasteiger partial charge in [0, 0.05) is 41.7 Å². The Balaban J connectivity index is 1.60. The number of carbonyl (C=O) groups is 1. The first-order valence-electron chi connectivity index (χ1n) is 10.7. The molecule has 0 saturated carbocycles. The van der Waals surface area contributed by atoms with Gasteiger partial charge in [0.25, 0.3) is 12.3 Å². The van der Waals surface area contributed by atoms with E-state index in [1.807, 2.05) is 0 Å². The van der Waals surface area contributed by atoms with Crippen molar-refractivity contribution in [2.75, 3.05) is 12.3 Å². The van der Waals surface area contributed by atoms with Crippen LogP contribution in [0.15, 0.2) is 61.1 Å². The van der Waals surface area contributed by atoms with Crippen LogP contribution in [0.5, 0.6) is 0 Å². The zero-order valence-corrected chi connectivity index (χ0v) is 18.9. The largest absolute Gasteiger partial charge is 0.394 e. The van der Waals surface area contributed by atoms with E-state index >= 15 is 0 Å². The first kappa shape index (κ1) is 24.9. The van der Waals surface area contributed by atoms with Crippen LogP contribution in [0.25, 0.3) is 22.3 Å². The van der Waals surface area contributed by atoms with E-state index in [9.17, 15) is 27.5 Å². The van der Waals surface area contributed by atoms with Crippen molar-refractivity contribution in [1.29, 1.82) is 0 Å². The third-order valence-corrected chi connectivity index (χ3v) is 5.57. The average Bonchev–Trinajstić information content (AvgIpc) is 3.28. The smallest absolute Gasteiger partial charge is 0.263 e. The fourth-order valence-corrected chi connectivity index (χ4v) is 3.73. The normalized spacial score (nSPS) is 12.1. The summed E-state index contributed by atoms with van der Waals surface area (Å²) in [6, 6.07) is 6.84. The highest BCUT2D eigenvalue weighted by molar-refractivity contribution is 5.95. The van der Waals surface area contributed by atoms with Crippen LogP contribution in [0.1, 0.15) is 34.0 Å². The summed E-state index contributed by atoms with van der Waals surface area (Å²) < 4.78 is 56.4. The molecule has 2 heterocycles. The first-order chi connectivity index (χ1) is 17.2. The molecule has 0 radical (unpaired) electrons. The van der Waals surface area contributed by atoms with E-state index in [-0.39, 0.29) is 16.9 Å². The van der Waals surface area contributed by atoms with Crippen LogP contribution in [-0.4, -0.2) is 32.4 Å². The van der Waals surface area contributed by atoms with E-state index in [0.29, 0.717) is 22.8 Å². The van der Waals surface area contributed by atoms with Gasteiger partial charge in [-0.3, -0.25) is 9.48 Å². The highest BCUT2D eigenvalue weighted by Gasteiger charge is 2.21. The molecule has 1 unspecified atom stereocenters. The van der Waals surface area contributed by atoms with Crippen molar-refractivity contribution < 1.29 is 27.5 Å². The number of nitrogens with two attached hydrogens (primary N) is 1. The molecule has 4 N–H and O–H groups in total. The number of hydrogen-bond acceptors (Lipinski definition) is 5. The summed E-state index contributed by atoms with van der Waals surface area (Å²) in [7, 11) is 1.77. The summed E-state index contributed by atoms with van der Waals surface area (Å²) in [5, 5.41) is 16.1. The molecule has 0 aliphatic heterocycles. The van der Waals surface area contributed by atoms with Gasteiger partial charge in [-0.2, -0.15) is 5.10 Å². The summed E-state index contributed by atoms with van der Waals surface area (Å²) in [4.78, 5) is 16.9. The molecule has 0 aliphatic carbocycles. The van der Waals surface area contributed by atoms with Crippen molar-refractivity contribution in [2.24, 2.45) is 7.05 Å². The number of nitrogens with zero attached hydrogens (tertiary/aromatic N) is 3. The van der Waals surface area contributed by atoms with Crippen molar-refractivity contribution >= 4 is 11.7 Å². The Hall–Kier alpha value is -4.25. The number of alkyl halides is 2. The van der Waals surface area contributed by atoms with Gasteiger partial charge in [-0.05, 0) is 47.5 Å². The summed E-state index contributed by atoms with van der Waals surface area (Å²) in [5.74, 6) is -2.61. The van der Waals surface area contributed by atoms with Crippen molar-refractivity contribution in [2.45, 2.75) is 12.5 Å². The Morgan fingerprint density at radius 2 is 1.81 bits per heavy atom. The maximum Gasteiger partial charge on any atom is 0.263 e. The molecule has 2 aromatic carbocycles. The van der Waals surface area contributed by atoms with Gasteiger partial charge < -0.3 is 16.2 Å². The molecule has 0 aliphatic rings. The molecule has 1 amide bonds. The van der Waals surface area contributed by atoms with Crippen molar-refractivity contribution in [3.05, 3.63) is 89.4 Å². The second-order valence-electron chi connectivity index (χ2n) is 8.08. The number of benzene rings is 2. The van der Waals surface area contributed by atoms with Gasteiger partial charge in [0.05, 0.1) is 24.4 Å². The minimum Gasteiger partial charge on any atom is -0.394 e. The van der Waals surface area contributed by atoms with E-state index in [1.165, 1.54) is 12.1 Å². The molecule has 2 aromatic heterocycles. The summed E-state index contributed by atoms with van der Waals surface area (Å²) >= 11 is 0. The molecule has 0 saturated heterocycles.